The lowest BCUT2D eigenvalue weighted by Crippen LogP contribution is -2.19. The summed E-state index contributed by atoms with van der Waals surface area (Å²) in [6.45, 7) is 1.78. The van der Waals surface area contributed by atoms with E-state index in [2.05, 4.69) is 17.5 Å². The van der Waals surface area contributed by atoms with Gasteiger partial charge in [0, 0.05) is 5.69 Å². The molecule has 0 saturated carbocycles. The number of nitrogens with one attached hydrogen (secondary N) is 1. The highest BCUT2D eigenvalue weighted by atomic mass is 32.1. The van der Waals surface area contributed by atoms with Gasteiger partial charge < -0.3 is 11.1 Å². The van der Waals surface area contributed by atoms with Gasteiger partial charge in [0.25, 0.3) is 0 Å². The number of rotatable bonds is 1. The molecule has 0 atom stereocenters. The lowest BCUT2D eigenvalue weighted by molar-refractivity contribution is 0.627. The van der Waals surface area contributed by atoms with Crippen molar-refractivity contribution < 1.29 is 4.39 Å². The maximum absolute atomic E-state index is 12.6. The first-order valence-corrected chi connectivity index (χ1v) is 3.83. The Kier molecular flexibility index (Phi) is 2.60. The third kappa shape index (κ3) is 2.17. The van der Waals surface area contributed by atoms with Crippen molar-refractivity contribution >= 4 is 23.0 Å². The van der Waals surface area contributed by atoms with Gasteiger partial charge in [0.05, 0.1) is 0 Å². The van der Waals surface area contributed by atoms with Gasteiger partial charge in [0.1, 0.15) is 5.82 Å². The van der Waals surface area contributed by atoms with Crippen LogP contribution in [-0.4, -0.2) is 5.11 Å². The number of aryl methyl sites for hydroxylation is 1. The van der Waals surface area contributed by atoms with Crippen LogP contribution in [0.15, 0.2) is 18.2 Å². The second-order valence-corrected chi connectivity index (χ2v) is 2.89. The number of nitrogens with two attached hydrogens (primary N) is 1. The summed E-state index contributed by atoms with van der Waals surface area (Å²) in [5.41, 5.74) is 6.78. The predicted molar refractivity (Wildman–Crippen MR) is 51.5 cm³/mol. The SMILES string of the molecule is Cc1cc(F)ccc1NC(N)=S. The van der Waals surface area contributed by atoms with E-state index in [0.717, 1.165) is 11.3 Å². The summed E-state index contributed by atoms with van der Waals surface area (Å²) in [4.78, 5) is 0. The van der Waals surface area contributed by atoms with E-state index >= 15 is 0 Å². The molecule has 0 aliphatic rings. The summed E-state index contributed by atoms with van der Waals surface area (Å²) in [7, 11) is 0. The van der Waals surface area contributed by atoms with Crippen molar-refractivity contribution in [3.63, 3.8) is 0 Å². The number of benzene rings is 1. The minimum Gasteiger partial charge on any atom is -0.376 e. The number of thiocarbonyl (C=S) groups is 1. The first-order chi connectivity index (χ1) is 5.59. The van der Waals surface area contributed by atoms with Crippen molar-refractivity contribution in [2.45, 2.75) is 6.92 Å². The van der Waals surface area contributed by atoms with Crippen molar-refractivity contribution in [3.05, 3.63) is 29.6 Å². The highest BCUT2D eigenvalue weighted by Crippen LogP contribution is 2.14. The summed E-state index contributed by atoms with van der Waals surface area (Å²) in [5, 5.41) is 2.93. The fraction of sp³-hybridized carbons (Fsp3) is 0.125. The van der Waals surface area contributed by atoms with Crippen LogP contribution in [0.5, 0.6) is 0 Å². The molecule has 1 aromatic rings. The van der Waals surface area contributed by atoms with Gasteiger partial charge in [-0.2, -0.15) is 0 Å². The number of hydrogen-bond acceptors (Lipinski definition) is 1. The van der Waals surface area contributed by atoms with Crippen molar-refractivity contribution in [1.82, 2.24) is 0 Å². The molecule has 0 spiro atoms. The van der Waals surface area contributed by atoms with Gasteiger partial charge in [-0.1, -0.05) is 0 Å². The van der Waals surface area contributed by atoms with E-state index in [1.54, 1.807) is 13.0 Å². The average molecular weight is 184 g/mol. The zero-order valence-electron chi connectivity index (χ0n) is 6.60. The van der Waals surface area contributed by atoms with Crippen molar-refractivity contribution in [3.8, 4) is 0 Å². The van der Waals surface area contributed by atoms with E-state index in [4.69, 9.17) is 5.73 Å². The lowest BCUT2D eigenvalue weighted by atomic mass is 10.2. The summed E-state index contributed by atoms with van der Waals surface area (Å²) in [5.74, 6) is -0.263. The molecule has 0 aliphatic heterocycles. The molecule has 0 aliphatic carbocycles. The quantitative estimate of drug-likeness (QED) is 0.653. The number of halogens is 1. The highest BCUT2D eigenvalue weighted by molar-refractivity contribution is 7.80. The fourth-order valence-corrected chi connectivity index (χ4v) is 1.01. The van der Waals surface area contributed by atoms with Crippen LogP contribution in [0.3, 0.4) is 0 Å². The minimum absolute atomic E-state index is 0.185. The molecule has 2 nitrogen and oxygen atoms in total. The van der Waals surface area contributed by atoms with E-state index in [-0.39, 0.29) is 10.9 Å². The molecular formula is C8H9FN2S. The molecule has 4 heteroatoms. The first kappa shape index (κ1) is 8.93. The normalized spacial score (nSPS) is 9.50. The molecule has 0 saturated heterocycles. The van der Waals surface area contributed by atoms with Gasteiger partial charge in [-0.3, -0.25) is 0 Å². The highest BCUT2D eigenvalue weighted by Gasteiger charge is 1.99. The Hall–Kier alpha value is -1.16. The molecule has 0 amide bonds. The second kappa shape index (κ2) is 3.49. The van der Waals surface area contributed by atoms with E-state index in [1.165, 1.54) is 12.1 Å². The molecule has 12 heavy (non-hydrogen) atoms. The monoisotopic (exact) mass is 184 g/mol. The first-order valence-electron chi connectivity index (χ1n) is 3.42. The third-order valence-electron chi connectivity index (χ3n) is 1.45. The van der Waals surface area contributed by atoms with Crippen LogP contribution >= 0.6 is 12.2 Å². The van der Waals surface area contributed by atoms with Crippen LogP contribution in [0.1, 0.15) is 5.56 Å². The van der Waals surface area contributed by atoms with Gasteiger partial charge in [-0.15, -0.1) is 0 Å². The predicted octanol–water partition coefficient (Wildman–Crippen LogP) is 1.79. The Morgan fingerprint density at radius 3 is 2.75 bits per heavy atom. The standard InChI is InChI=1S/C8H9FN2S/c1-5-4-6(9)2-3-7(5)11-8(10)12/h2-4H,1H3,(H3,10,11,12). The summed E-state index contributed by atoms with van der Waals surface area (Å²) >= 11 is 4.64. The van der Waals surface area contributed by atoms with Gasteiger partial charge in [-0.05, 0) is 42.9 Å². The van der Waals surface area contributed by atoms with E-state index in [9.17, 15) is 4.39 Å². The van der Waals surface area contributed by atoms with Gasteiger partial charge >= 0.3 is 0 Å². The minimum atomic E-state index is -0.263. The number of anilines is 1. The van der Waals surface area contributed by atoms with Crippen LogP contribution < -0.4 is 11.1 Å². The molecular weight excluding hydrogens is 175 g/mol. The zero-order valence-corrected chi connectivity index (χ0v) is 7.41. The van der Waals surface area contributed by atoms with Crippen LogP contribution in [0.2, 0.25) is 0 Å². The topological polar surface area (TPSA) is 38.0 Å². The van der Waals surface area contributed by atoms with Crippen molar-refractivity contribution in [2.75, 3.05) is 5.32 Å². The van der Waals surface area contributed by atoms with Gasteiger partial charge in [-0.25, -0.2) is 4.39 Å². The van der Waals surface area contributed by atoms with E-state index in [1.807, 2.05) is 0 Å². The Morgan fingerprint density at radius 2 is 2.25 bits per heavy atom. The maximum atomic E-state index is 12.6. The molecule has 0 bridgehead atoms. The van der Waals surface area contributed by atoms with Crippen molar-refractivity contribution in [1.29, 1.82) is 0 Å². The van der Waals surface area contributed by atoms with E-state index < -0.39 is 0 Å². The van der Waals surface area contributed by atoms with Crippen LogP contribution in [0, 0.1) is 12.7 Å². The third-order valence-corrected chi connectivity index (χ3v) is 1.55. The molecule has 0 aromatic heterocycles. The van der Waals surface area contributed by atoms with Gasteiger partial charge in [0.2, 0.25) is 0 Å². The average Bonchev–Trinajstić information content (AvgIpc) is 1.94. The van der Waals surface area contributed by atoms with Crippen LogP contribution in [0.4, 0.5) is 10.1 Å². The van der Waals surface area contributed by atoms with Crippen LogP contribution in [-0.2, 0) is 0 Å². The second-order valence-electron chi connectivity index (χ2n) is 2.45. The molecule has 0 unspecified atom stereocenters. The van der Waals surface area contributed by atoms with E-state index in [0.29, 0.717) is 0 Å². The zero-order chi connectivity index (χ0) is 9.14. The smallest absolute Gasteiger partial charge is 0.168 e. The Bertz CT molecular complexity index is 312. The van der Waals surface area contributed by atoms with Gasteiger partial charge in [0.15, 0.2) is 5.11 Å². The fourth-order valence-electron chi connectivity index (χ4n) is 0.900. The Morgan fingerprint density at radius 1 is 1.58 bits per heavy atom. The Labute approximate surface area is 75.6 Å². The summed E-state index contributed by atoms with van der Waals surface area (Å²) < 4.78 is 12.6. The lowest BCUT2D eigenvalue weighted by Gasteiger charge is -2.06. The molecule has 1 aromatic carbocycles. The van der Waals surface area contributed by atoms with Crippen LogP contribution in [0.25, 0.3) is 0 Å². The number of hydrogen-bond donors (Lipinski definition) is 2. The van der Waals surface area contributed by atoms with Crippen molar-refractivity contribution in [2.24, 2.45) is 5.73 Å². The molecule has 64 valence electrons. The Balaban J connectivity index is 2.93. The molecule has 0 fully saturated rings. The molecule has 0 heterocycles. The molecule has 1 rings (SSSR count). The summed E-state index contributed by atoms with van der Waals surface area (Å²) in [6.07, 6.45) is 0. The maximum Gasteiger partial charge on any atom is 0.168 e. The largest absolute Gasteiger partial charge is 0.376 e. The molecule has 0 radical (unpaired) electrons. The molecule has 3 N–H and O–H groups in total. The summed E-state index contributed by atoms with van der Waals surface area (Å²) in [6, 6.07) is 4.37.